The van der Waals surface area contributed by atoms with Gasteiger partial charge in [0.05, 0.1) is 17.4 Å². The van der Waals surface area contributed by atoms with E-state index in [-0.39, 0.29) is 12.2 Å². The molecule has 0 fully saturated rings. The molecule has 0 spiro atoms. The van der Waals surface area contributed by atoms with Crippen LogP contribution in [0.3, 0.4) is 0 Å². The molecule has 0 saturated carbocycles. The van der Waals surface area contributed by atoms with Gasteiger partial charge in [0.1, 0.15) is 0 Å². The van der Waals surface area contributed by atoms with Gasteiger partial charge in [-0.25, -0.2) is 4.68 Å². The topological polar surface area (TPSA) is 50.2 Å². The highest BCUT2D eigenvalue weighted by Gasteiger charge is 2.40. The van der Waals surface area contributed by atoms with Crippen LogP contribution in [0, 0.1) is 6.92 Å². The summed E-state index contributed by atoms with van der Waals surface area (Å²) in [5.41, 5.74) is 1.46. The number of halogens is 3. The summed E-state index contributed by atoms with van der Waals surface area (Å²) in [5, 5.41) is 6.51. The van der Waals surface area contributed by atoms with Gasteiger partial charge in [0, 0.05) is 13.1 Å². The fourth-order valence-electron chi connectivity index (χ4n) is 3.51. The molecule has 1 aromatic heterocycles. The van der Waals surface area contributed by atoms with Gasteiger partial charge in [0.2, 0.25) is 0 Å². The number of aromatic nitrogens is 2. The van der Waals surface area contributed by atoms with Crippen molar-refractivity contribution in [3.8, 4) is 5.69 Å². The molecule has 8 heteroatoms. The summed E-state index contributed by atoms with van der Waals surface area (Å²) in [7, 11) is 0. The molecule has 170 valence electrons. The average molecular weight is 445 g/mol. The molecule has 0 aliphatic carbocycles. The smallest absolute Gasteiger partial charge is 0.348 e. The number of rotatable bonds is 8. The number of benzene rings is 2. The zero-order valence-electron chi connectivity index (χ0n) is 18.4. The molecule has 0 aliphatic heterocycles. The van der Waals surface area contributed by atoms with E-state index >= 15 is 0 Å². The van der Waals surface area contributed by atoms with Crippen molar-refractivity contribution in [2.45, 2.75) is 40.0 Å². The molecule has 1 N–H and O–H groups in total. The van der Waals surface area contributed by atoms with Crippen LogP contribution in [0.5, 0.6) is 0 Å². The molecule has 1 amide bonds. The quantitative estimate of drug-likeness (QED) is 0.534. The fraction of sp³-hybridized carbons (Fsp3) is 0.333. The van der Waals surface area contributed by atoms with Crippen molar-refractivity contribution < 1.29 is 18.0 Å². The van der Waals surface area contributed by atoms with Gasteiger partial charge in [-0.15, -0.1) is 0 Å². The molecule has 0 bridgehead atoms. The Morgan fingerprint density at radius 1 is 1.03 bits per heavy atom. The second-order valence-corrected chi connectivity index (χ2v) is 7.56. The molecule has 1 heterocycles. The maximum Gasteiger partial charge on any atom is 0.434 e. The van der Waals surface area contributed by atoms with Crippen LogP contribution >= 0.6 is 0 Å². The highest BCUT2D eigenvalue weighted by molar-refractivity contribution is 5.95. The predicted molar refractivity (Wildman–Crippen MR) is 118 cm³/mol. The lowest BCUT2D eigenvalue weighted by molar-refractivity contribution is -0.143. The summed E-state index contributed by atoms with van der Waals surface area (Å²) in [5.74, 6) is -0.812. The SMILES string of the molecule is CCN(CC)Cc1ccccc1CNC(=O)c1cnn(-c2ccc(C)cc2)c1C(F)(F)F. The van der Waals surface area contributed by atoms with E-state index in [4.69, 9.17) is 0 Å². The van der Waals surface area contributed by atoms with E-state index in [0.29, 0.717) is 6.54 Å². The summed E-state index contributed by atoms with van der Waals surface area (Å²) in [6, 6.07) is 14.1. The van der Waals surface area contributed by atoms with E-state index in [2.05, 4.69) is 29.2 Å². The summed E-state index contributed by atoms with van der Waals surface area (Å²) < 4.78 is 42.4. The second-order valence-electron chi connectivity index (χ2n) is 7.56. The lowest BCUT2D eigenvalue weighted by atomic mass is 10.1. The number of hydrogen-bond donors (Lipinski definition) is 1. The van der Waals surface area contributed by atoms with Crippen molar-refractivity contribution in [2.24, 2.45) is 0 Å². The maximum absolute atomic E-state index is 13.9. The first-order valence-electron chi connectivity index (χ1n) is 10.5. The van der Waals surface area contributed by atoms with Crippen LogP contribution in [0.1, 0.15) is 46.6 Å². The van der Waals surface area contributed by atoms with E-state index < -0.39 is 23.3 Å². The first-order valence-corrected chi connectivity index (χ1v) is 10.5. The zero-order chi connectivity index (χ0) is 23.3. The number of aryl methyl sites for hydroxylation is 1. The molecular weight excluding hydrogens is 417 g/mol. The number of nitrogens with one attached hydrogen (secondary N) is 1. The molecule has 32 heavy (non-hydrogen) atoms. The Morgan fingerprint density at radius 3 is 2.25 bits per heavy atom. The number of carbonyl (C=O) groups excluding carboxylic acids is 1. The minimum absolute atomic E-state index is 0.128. The maximum atomic E-state index is 13.9. The summed E-state index contributed by atoms with van der Waals surface area (Å²) in [4.78, 5) is 15.0. The minimum atomic E-state index is -4.74. The molecular formula is C24H27F3N4O. The minimum Gasteiger partial charge on any atom is -0.348 e. The van der Waals surface area contributed by atoms with Gasteiger partial charge in [-0.1, -0.05) is 55.8 Å². The lowest BCUT2D eigenvalue weighted by Crippen LogP contribution is -2.28. The van der Waals surface area contributed by atoms with Gasteiger partial charge in [-0.2, -0.15) is 18.3 Å². The molecule has 5 nitrogen and oxygen atoms in total. The van der Waals surface area contributed by atoms with Gasteiger partial charge in [0.25, 0.3) is 5.91 Å². The van der Waals surface area contributed by atoms with Crippen molar-refractivity contribution >= 4 is 5.91 Å². The number of alkyl halides is 3. The van der Waals surface area contributed by atoms with Crippen LogP contribution in [0.15, 0.2) is 54.7 Å². The van der Waals surface area contributed by atoms with Crippen LogP contribution in [-0.4, -0.2) is 33.7 Å². The van der Waals surface area contributed by atoms with Crippen molar-refractivity contribution in [3.63, 3.8) is 0 Å². The van der Waals surface area contributed by atoms with Crippen molar-refractivity contribution in [1.29, 1.82) is 0 Å². The number of hydrogen-bond acceptors (Lipinski definition) is 3. The monoisotopic (exact) mass is 444 g/mol. The molecule has 3 aromatic rings. The zero-order valence-corrected chi connectivity index (χ0v) is 18.4. The molecule has 0 saturated heterocycles. The third kappa shape index (κ3) is 5.37. The Morgan fingerprint density at radius 2 is 1.66 bits per heavy atom. The number of carbonyl (C=O) groups is 1. The molecule has 0 aliphatic rings. The van der Waals surface area contributed by atoms with Crippen molar-refractivity contribution in [3.05, 3.63) is 82.7 Å². The Labute approximate surface area is 185 Å². The molecule has 0 radical (unpaired) electrons. The van der Waals surface area contributed by atoms with Crippen LogP contribution < -0.4 is 5.32 Å². The Kier molecular flexibility index (Phi) is 7.35. The Hall–Kier alpha value is -3.13. The van der Waals surface area contributed by atoms with E-state index in [1.54, 1.807) is 24.3 Å². The van der Waals surface area contributed by atoms with Crippen LogP contribution in [-0.2, 0) is 19.3 Å². The molecule has 2 aromatic carbocycles. The van der Waals surface area contributed by atoms with Gasteiger partial charge >= 0.3 is 6.18 Å². The highest BCUT2D eigenvalue weighted by atomic mass is 19.4. The standard InChI is InChI=1S/C24H27F3N4O/c1-4-30(5-2)16-19-9-7-6-8-18(19)14-28-23(32)21-15-29-31(22(21)24(25,26)27)20-12-10-17(3)11-13-20/h6-13,15H,4-5,14,16H2,1-3H3,(H,28,32). The Balaban J connectivity index is 1.84. The van der Waals surface area contributed by atoms with E-state index in [1.165, 1.54) is 0 Å². The van der Waals surface area contributed by atoms with Crippen LogP contribution in [0.4, 0.5) is 13.2 Å². The molecule has 3 rings (SSSR count). The summed E-state index contributed by atoms with van der Waals surface area (Å²) >= 11 is 0. The van der Waals surface area contributed by atoms with E-state index in [1.807, 2.05) is 31.2 Å². The third-order valence-corrected chi connectivity index (χ3v) is 5.41. The van der Waals surface area contributed by atoms with Gasteiger partial charge in [-0.05, 0) is 43.3 Å². The highest BCUT2D eigenvalue weighted by Crippen LogP contribution is 2.33. The van der Waals surface area contributed by atoms with Gasteiger partial charge in [0.15, 0.2) is 5.69 Å². The Bertz CT molecular complexity index is 1050. The molecule has 0 unspecified atom stereocenters. The fourth-order valence-corrected chi connectivity index (χ4v) is 3.51. The lowest BCUT2D eigenvalue weighted by Gasteiger charge is -2.20. The van der Waals surface area contributed by atoms with Crippen molar-refractivity contribution in [1.82, 2.24) is 20.0 Å². The largest absolute Gasteiger partial charge is 0.434 e. The van der Waals surface area contributed by atoms with E-state index in [0.717, 1.165) is 40.7 Å². The third-order valence-electron chi connectivity index (χ3n) is 5.41. The van der Waals surface area contributed by atoms with Crippen LogP contribution in [0.2, 0.25) is 0 Å². The first-order chi connectivity index (χ1) is 15.2. The van der Waals surface area contributed by atoms with Gasteiger partial charge < -0.3 is 5.32 Å². The van der Waals surface area contributed by atoms with Crippen molar-refractivity contribution in [2.75, 3.05) is 13.1 Å². The average Bonchev–Trinajstić information content (AvgIpc) is 3.23. The summed E-state index contributed by atoms with van der Waals surface area (Å²) in [6.45, 7) is 8.57. The van der Waals surface area contributed by atoms with E-state index in [9.17, 15) is 18.0 Å². The normalized spacial score (nSPS) is 11.7. The number of amides is 1. The summed E-state index contributed by atoms with van der Waals surface area (Å²) in [6.07, 6.45) is -3.77. The molecule has 0 atom stereocenters. The second kappa shape index (κ2) is 9.99. The van der Waals surface area contributed by atoms with Crippen LogP contribution in [0.25, 0.3) is 5.69 Å². The first kappa shape index (κ1) is 23.5. The predicted octanol–water partition coefficient (Wildman–Crippen LogP) is 4.97. The number of nitrogens with zero attached hydrogens (tertiary/aromatic N) is 3. The van der Waals surface area contributed by atoms with Gasteiger partial charge in [-0.3, -0.25) is 9.69 Å².